The Labute approximate surface area is 112 Å². The molecule has 0 saturated carbocycles. The van der Waals surface area contributed by atoms with Crippen LogP contribution in [0.15, 0.2) is 29.8 Å². The minimum Gasteiger partial charge on any atom is -0.289 e. The van der Waals surface area contributed by atoms with E-state index >= 15 is 0 Å². The second-order valence-electron chi connectivity index (χ2n) is 4.64. The molecule has 0 atom stereocenters. The van der Waals surface area contributed by atoms with Gasteiger partial charge in [0, 0.05) is 5.02 Å². The van der Waals surface area contributed by atoms with Gasteiger partial charge in [-0.15, -0.1) is 0 Å². The highest BCUT2D eigenvalue weighted by Crippen LogP contribution is 2.23. The van der Waals surface area contributed by atoms with Gasteiger partial charge >= 0.3 is 0 Å². The van der Waals surface area contributed by atoms with Gasteiger partial charge in [0.15, 0.2) is 5.78 Å². The van der Waals surface area contributed by atoms with Crippen molar-refractivity contribution < 1.29 is 9.18 Å². The standard InChI is InChI=1S/C15H16ClFO/c16-12-8-9-14(17)13(10-12)15(18)11-6-4-2-1-3-5-7-11/h6,8-10H,1-5,7H2/b11-6+. The second kappa shape index (κ2) is 6.14. The average molecular weight is 267 g/mol. The van der Waals surface area contributed by atoms with E-state index in [1.54, 1.807) is 0 Å². The lowest BCUT2D eigenvalue weighted by Crippen LogP contribution is -2.07. The molecule has 0 saturated heterocycles. The molecule has 96 valence electrons. The number of halogens is 2. The summed E-state index contributed by atoms with van der Waals surface area (Å²) in [6.07, 6.45) is 8.07. The molecule has 3 heteroatoms. The Morgan fingerprint density at radius 2 is 1.94 bits per heavy atom. The van der Waals surface area contributed by atoms with E-state index in [1.807, 2.05) is 6.08 Å². The van der Waals surface area contributed by atoms with E-state index < -0.39 is 5.82 Å². The normalized spacial score (nSPS) is 19.6. The Bertz CT molecular complexity index is 479. The average Bonchev–Trinajstić information content (AvgIpc) is 2.31. The van der Waals surface area contributed by atoms with Crippen LogP contribution < -0.4 is 0 Å². The number of allylic oxidation sites excluding steroid dienone is 2. The SMILES string of the molecule is O=C(/C1=C/CCCCCC1)c1cc(Cl)ccc1F. The monoisotopic (exact) mass is 266 g/mol. The van der Waals surface area contributed by atoms with Gasteiger partial charge in [0.05, 0.1) is 5.56 Å². The van der Waals surface area contributed by atoms with E-state index in [-0.39, 0.29) is 11.3 Å². The summed E-state index contributed by atoms with van der Waals surface area (Å²) in [6.45, 7) is 0. The van der Waals surface area contributed by atoms with Crippen molar-refractivity contribution in [3.63, 3.8) is 0 Å². The molecule has 1 aliphatic rings. The van der Waals surface area contributed by atoms with Crippen LogP contribution >= 0.6 is 11.6 Å². The summed E-state index contributed by atoms with van der Waals surface area (Å²) in [6, 6.07) is 4.12. The van der Waals surface area contributed by atoms with E-state index in [0.29, 0.717) is 5.02 Å². The van der Waals surface area contributed by atoms with Crippen LogP contribution in [-0.2, 0) is 0 Å². The maximum Gasteiger partial charge on any atom is 0.191 e. The third-order valence-corrected chi connectivity index (χ3v) is 3.49. The topological polar surface area (TPSA) is 17.1 Å². The van der Waals surface area contributed by atoms with Crippen molar-refractivity contribution in [3.05, 3.63) is 46.3 Å². The summed E-state index contributed by atoms with van der Waals surface area (Å²) < 4.78 is 13.7. The van der Waals surface area contributed by atoms with Gasteiger partial charge in [-0.2, -0.15) is 0 Å². The first-order valence-electron chi connectivity index (χ1n) is 6.37. The largest absolute Gasteiger partial charge is 0.289 e. The van der Waals surface area contributed by atoms with Crippen LogP contribution in [0.2, 0.25) is 5.02 Å². The lowest BCUT2D eigenvalue weighted by molar-refractivity contribution is 0.102. The summed E-state index contributed by atoms with van der Waals surface area (Å²) in [5, 5.41) is 0.395. The molecule has 0 heterocycles. The van der Waals surface area contributed by atoms with E-state index in [9.17, 15) is 9.18 Å². The predicted octanol–water partition coefficient (Wildman–Crippen LogP) is 4.94. The molecule has 1 aliphatic carbocycles. The summed E-state index contributed by atoms with van der Waals surface area (Å²) in [7, 11) is 0. The summed E-state index contributed by atoms with van der Waals surface area (Å²) in [5.74, 6) is -0.704. The molecule has 0 fully saturated rings. The van der Waals surface area contributed by atoms with E-state index in [4.69, 9.17) is 11.6 Å². The predicted molar refractivity (Wildman–Crippen MR) is 71.5 cm³/mol. The van der Waals surface area contributed by atoms with Crippen LogP contribution in [0.1, 0.15) is 48.9 Å². The smallest absolute Gasteiger partial charge is 0.191 e. The van der Waals surface area contributed by atoms with Gasteiger partial charge < -0.3 is 0 Å². The van der Waals surface area contributed by atoms with Crippen molar-refractivity contribution in [2.24, 2.45) is 0 Å². The molecule has 18 heavy (non-hydrogen) atoms. The number of rotatable bonds is 2. The quantitative estimate of drug-likeness (QED) is 0.693. The Kier molecular flexibility index (Phi) is 4.54. The molecular formula is C15H16ClFO. The minimum atomic E-state index is -0.493. The second-order valence-corrected chi connectivity index (χ2v) is 5.07. The molecule has 0 amide bonds. The molecule has 1 aromatic carbocycles. The van der Waals surface area contributed by atoms with E-state index in [1.165, 1.54) is 24.6 Å². The zero-order valence-electron chi connectivity index (χ0n) is 10.2. The molecule has 0 aliphatic heterocycles. The first kappa shape index (κ1) is 13.3. The molecule has 0 radical (unpaired) electrons. The Hall–Kier alpha value is -1.15. The highest BCUT2D eigenvalue weighted by atomic mass is 35.5. The number of ketones is 1. The van der Waals surface area contributed by atoms with Crippen molar-refractivity contribution in [2.45, 2.75) is 38.5 Å². The van der Waals surface area contributed by atoms with Crippen LogP contribution in [0.5, 0.6) is 0 Å². The van der Waals surface area contributed by atoms with Gasteiger partial charge in [0.2, 0.25) is 0 Å². The van der Waals surface area contributed by atoms with Gasteiger partial charge in [-0.05, 0) is 49.5 Å². The molecule has 2 rings (SSSR count). The minimum absolute atomic E-state index is 0.0920. The van der Waals surface area contributed by atoms with E-state index in [2.05, 4.69) is 0 Å². The fraction of sp³-hybridized carbons (Fsp3) is 0.400. The fourth-order valence-corrected chi connectivity index (χ4v) is 2.41. The van der Waals surface area contributed by atoms with Crippen molar-refractivity contribution in [1.29, 1.82) is 0 Å². The third kappa shape index (κ3) is 3.20. The fourth-order valence-electron chi connectivity index (χ4n) is 2.24. The van der Waals surface area contributed by atoms with Gasteiger partial charge in [-0.3, -0.25) is 4.79 Å². The molecule has 0 spiro atoms. The number of hydrogen-bond donors (Lipinski definition) is 0. The van der Waals surface area contributed by atoms with Gasteiger partial charge in [0.25, 0.3) is 0 Å². The summed E-state index contributed by atoms with van der Waals surface area (Å²) in [5.41, 5.74) is 0.824. The van der Waals surface area contributed by atoms with Crippen LogP contribution in [0.25, 0.3) is 0 Å². The Morgan fingerprint density at radius 1 is 1.17 bits per heavy atom. The van der Waals surface area contributed by atoms with Crippen LogP contribution in [0, 0.1) is 5.82 Å². The van der Waals surface area contributed by atoms with Crippen molar-refractivity contribution in [1.82, 2.24) is 0 Å². The molecule has 0 aromatic heterocycles. The Morgan fingerprint density at radius 3 is 2.78 bits per heavy atom. The zero-order valence-corrected chi connectivity index (χ0v) is 11.0. The van der Waals surface area contributed by atoms with Crippen molar-refractivity contribution in [2.75, 3.05) is 0 Å². The third-order valence-electron chi connectivity index (χ3n) is 3.26. The summed E-state index contributed by atoms with van der Waals surface area (Å²) >= 11 is 5.82. The lowest BCUT2D eigenvalue weighted by Gasteiger charge is -2.11. The molecule has 0 bridgehead atoms. The lowest BCUT2D eigenvalue weighted by atomic mass is 9.94. The first-order valence-corrected chi connectivity index (χ1v) is 6.75. The maximum absolute atomic E-state index is 13.7. The van der Waals surface area contributed by atoms with Gasteiger partial charge in [-0.25, -0.2) is 4.39 Å². The van der Waals surface area contributed by atoms with Crippen LogP contribution in [-0.4, -0.2) is 5.78 Å². The van der Waals surface area contributed by atoms with Gasteiger partial charge in [-0.1, -0.05) is 30.5 Å². The maximum atomic E-state index is 13.7. The number of Topliss-reactive ketones (excluding diaryl/α,β-unsaturated/α-hetero) is 1. The van der Waals surface area contributed by atoms with Crippen LogP contribution in [0.3, 0.4) is 0 Å². The van der Waals surface area contributed by atoms with Crippen molar-refractivity contribution >= 4 is 17.4 Å². The molecule has 0 unspecified atom stereocenters. The first-order chi connectivity index (χ1) is 8.68. The number of hydrogen-bond acceptors (Lipinski definition) is 1. The molecule has 1 aromatic rings. The molecular weight excluding hydrogens is 251 g/mol. The summed E-state index contributed by atoms with van der Waals surface area (Å²) in [4.78, 5) is 12.3. The number of benzene rings is 1. The molecule has 0 N–H and O–H groups in total. The van der Waals surface area contributed by atoms with Crippen molar-refractivity contribution in [3.8, 4) is 0 Å². The van der Waals surface area contributed by atoms with Crippen LogP contribution in [0.4, 0.5) is 4.39 Å². The highest BCUT2D eigenvalue weighted by Gasteiger charge is 2.17. The zero-order chi connectivity index (χ0) is 13.0. The number of carbonyl (C=O) groups excluding carboxylic acids is 1. The highest BCUT2D eigenvalue weighted by molar-refractivity contribution is 6.31. The molecule has 1 nitrogen and oxygen atoms in total. The Balaban J connectivity index is 2.26. The number of carbonyl (C=O) groups is 1. The van der Waals surface area contributed by atoms with E-state index in [0.717, 1.165) is 37.7 Å². The van der Waals surface area contributed by atoms with Gasteiger partial charge in [0.1, 0.15) is 5.82 Å².